The van der Waals surface area contributed by atoms with E-state index in [4.69, 9.17) is 11.6 Å². The van der Waals surface area contributed by atoms with E-state index in [1.165, 1.54) is 0 Å². The predicted molar refractivity (Wildman–Crippen MR) is 61.0 cm³/mol. The van der Waals surface area contributed by atoms with E-state index in [1.54, 1.807) is 0 Å². The molecule has 0 aliphatic rings. The van der Waals surface area contributed by atoms with Crippen LogP contribution in [0.1, 0.15) is 52.9 Å². The molecule has 3 heteroatoms. The van der Waals surface area contributed by atoms with Gasteiger partial charge in [-0.25, -0.2) is 0 Å². The first-order chi connectivity index (χ1) is 6.14. The molecular weight excluding hydrogens is 196 g/mol. The van der Waals surface area contributed by atoms with Crippen LogP contribution in [-0.2, 0) is 10.8 Å². The lowest BCUT2D eigenvalue weighted by atomic mass is 9.88. The van der Waals surface area contributed by atoms with Crippen LogP contribution < -0.4 is 0 Å². The molecule has 0 fully saturated rings. The van der Waals surface area contributed by atoms with Crippen molar-refractivity contribution in [1.29, 1.82) is 0 Å². The summed E-state index contributed by atoms with van der Waals surface area (Å²) in [7, 11) is 0. The van der Waals surface area contributed by atoms with Crippen molar-refractivity contribution in [1.82, 2.24) is 10.2 Å². The summed E-state index contributed by atoms with van der Waals surface area (Å²) < 4.78 is 0. The van der Waals surface area contributed by atoms with E-state index in [0.717, 1.165) is 16.4 Å². The number of hydrogen-bond acceptors (Lipinski definition) is 1. The maximum Gasteiger partial charge on any atom is 0.0864 e. The number of aromatic nitrogens is 2. The number of halogens is 1. The van der Waals surface area contributed by atoms with Crippen molar-refractivity contribution in [3.8, 4) is 0 Å². The second-order valence-electron chi connectivity index (χ2n) is 5.76. The van der Waals surface area contributed by atoms with E-state index in [-0.39, 0.29) is 10.8 Å². The van der Waals surface area contributed by atoms with Crippen LogP contribution in [0.5, 0.6) is 0 Å². The summed E-state index contributed by atoms with van der Waals surface area (Å²) in [6.45, 7) is 12.7. The van der Waals surface area contributed by atoms with Crippen LogP contribution in [0, 0.1) is 0 Å². The molecule has 1 rings (SSSR count). The number of hydrogen-bond donors (Lipinski definition) is 1. The van der Waals surface area contributed by atoms with E-state index in [1.807, 2.05) is 0 Å². The Morgan fingerprint density at radius 1 is 1.00 bits per heavy atom. The SMILES string of the molecule is CC(C)(C)c1n[nH]c(C(C)(C)C)c1Cl. The number of H-pyrrole nitrogens is 1. The third-order valence-corrected chi connectivity index (χ3v) is 2.54. The molecule has 0 unspecified atom stereocenters. The number of rotatable bonds is 0. The van der Waals surface area contributed by atoms with Crippen molar-refractivity contribution >= 4 is 11.6 Å². The zero-order chi connectivity index (χ0) is 11.1. The first kappa shape index (κ1) is 11.6. The Hall–Kier alpha value is -0.500. The molecule has 80 valence electrons. The minimum Gasteiger partial charge on any atom is -0.280 e. The van der Waals surface area contributed by atoms with Gasteiger partial charge < -0.3 is 0 Å². The van der Waals surface area contributed by atoms with Crippen molar-refractivity contribution in [2.24, 2.45) is 0 Å². The number of aromatic amines is 1. The molecule has 1 N–H and O–H groups in total. The minimum absolute atomic E-state index is 0.00289. The number of nitrogens with zero attached hydrogens (tertiary/aromatic N) is 1. The van der Waals surface area contributed by atoms with Crippen molar-refractivity contribution in [3.05, 3.63) is 16.4 Å². The predicted octanol–water partition coefficient (Wildman–Crippen LogP) is 3.66. The monoisotopic (exact) mass is 214 g/mol. The van der Waals surface area contributed by atoms with Crippen LogP contribution >= 0.6 is 11.6 Å². The van der Waals surface area contributed by atoms with Gasteiger partial charge in [0.25, 0.3) is 0 Å². The average Bonchev–Trinajstić information content (AvgIpc) is 2.26. The van der Waals surface area contributed by atoms with E-state index in [9.17, 15) is 0 Å². The molecular formula is C11H19ClN2. The molecule has 0 radical (unpaired) electrons. The summed E-state index contributed by atoms with van der Waals surface area (Å²) in [4.78, 5) is 0. The Morgan fingerprint density at radius 3 is 1.71 bits per heavy atom. The van der Waals surface area contributed by atoms with Gasteiger partial charge >= 0.3 is 0 Å². The van der Waals surface area contributed by atoms with Gasteiger partial charge in [-0.15, -0.1) is 0 Å². The molecule has 0 saturated carbocycles. The van der Waals surface area contributed by atoms with Gasteiger partial charge in [0.05, 0.1) is 16.4 Å². The highest BCUT2D eigenvalue weighted by molar-refractivity contribution is 6.32. The average molecular weight is 215 g/mol. The van der Waals surface area contributed by atoms with E-state index >= 15 is 0 Å². The topological polar surface area (TPSA) is 28.7 Å². The van der Waals surface area contributed by atoms with Gasteiger partial charge in [-0.3, -0.25) is 5.10 Å². The Kier molecular flexibility index (Phi) is 2.70. The van der Waals surface area contributed by atoms with Crippen LogP contribution in [0.2, 0.25) is 5.02 Å². The number of nitrogens with one attached hydrogen (secondary N) is 1. The van der Waals surface area contributed by atoms with Crippen molar-refractivity contribution in [2.45, 2.75) is 52.4 Å². The van der Waals surface area contributed by atoms with Crippen molar-refractivity contribution < 1.29 is 0 Å². The quantitative estimate of drug-likeness (QED) is 0.702. The Labute approximate surface area is 91.1 Å². The van der Waals surface area contributed by atoms with Gasteiger partial charge in [0, 0.05) is 10.8 Å². The smallest absolute Gasteiger partial charge is 0.0864 e. The fraction of sp³-hybridized carbons (Fsp3) is 0.727. The third kappa shape index (κ3) is 2.11. The molecule has 14 heavy (non-hydrogen) atoms. The van der Waals surface area contributed by atoms with Crippen molar-refractivity contribution in [3.63, 3.8) is 0 Å². The molecule has 2 nitrogen and oxygen atoms in total. The van der Waals surface area contributed by atoms with E-state index in [2.05, 4.69) is 51.7 Å². The second-order valence-corrected chi connectivity index (χ2v) is 6.14. The van der Waals surface area contributed by atoms with E-state index in [0.29, 0.717) is 0 Å². The van der Waals surface area contributed by atoms with Crippen LogP contribution in [0.4, 0.5) is 0 Å². The molecule has 1 heterocycles. The lowest BCUT2D eigenvalue weighted by Gasteiger charge is -2.18. The normalized spacial score (nSPS) is 13.4. The van der Waals surface area contributed by atoms with E-state index < -0.39 is 0 Å². The molecule has 0 atom stereocenters. The highest BCUT2D eigenvalue weighted by Gasteiger charge is 2.27. The van der Waals surface area contributed by atoms with Gasteiger partial charge in [0.1, 0.15) is 0 Å². The van der Waals surface area contributed by atoms with Gasteiger partial charge in [-0.1, -0.05) is 53.1 Å². The van der Waals surface area contributed by atoms with Crippen LogP contribution in [0.25, 0.3) is 0 Å². The van der Waals surface area contributed by atoms with Crippen LogP contribution in [0.15, 0.2) is 0 Å². The highest BCUT2D eigenvalue weighted by Crippen LogP contribution is 2.34. The third-order valence-electron chi connectivity index (χ3n) is 2.17. The summed E-state index contributed by atoms with van der Waals surface area (Å²) in [6.07, 6.45) is 0. The Morgan fingerprint density at radius 2 is 1.50 bits per heavy atom. The maximum absolute atomic E-state index is 6.30. The zero-order valence-corrected chi connectivity index (χ0v) is 10.6. The molecule has 0 amide bonds. The first-order valence-corrected chi connectivity index (χ1v) is 5.26. The van der Waals surface area contributed by atoms with Gasteiger partial charge in [-0.2, -0.15) is 5.10 Å². The summed E-state index contributed by atoms with van der Waals surface area (Å²) >= 11 is 6.30. The van der Waals surface area contributed by atoms with Gasteiger partial charge in [0.15, 0.2) is 0 Å². The summed E-state index contributed by atoms with van der Waals surface area (Å²) in [5.74, 6) is 0. The van der Waals surface area contributed by atoms with Crippen LogP contribution in [0.3, 0.4) is 0 Å². The standard InChI is InChI=1S/C11H19ClN2/c1-10(2,3)8-7(12)9(14-13-8)11(4,5)6/h1-6H3,(H,13,14). The van der Waals surface area contributed by atoms with Gasteiger partial charge in [0.2, 0.25) is 0 Å². The van der Waals surface area contributed by atoms with Crippen LogP contribution in [-0.4, -0.2) is 10.2 Å². The second kappa shape index (κ2) is 3.27. The molecule has 1 aromatic rings. The summed E-state index contributed by atoms with van der Waals surface area (Å²) in [5.41, 5.74) is 1.98. The largest absolute Gasteiger partial charge is 0.280 e. The molecule has 0 aliphatic carbocycles. The highest BCUT2D eigenvalue weighted by atomic mass is 35.5. The molecule has 0 aromatic carbocycles. The molecule has 0 bridgehead atoms. The van der Waals surface area contributed by atoms with Gasteiger partial charge in [-0.05, 0) is 0 Å². The zero-order valence-electron chi connectivity index (χ0n) is 9.83. The lowest BCUT2D eigenvalue weighted by Crippen LogP contribution is -2.14. The summed E-state index contributed by atoms with van der Waals surface area (Å²) in [5, 5.41) is 8.12. The Balaban J connectivity index is 3.23. The van der Waals surface area contributed by atoms with Crippen molar-refractivity contribution in [2.75, 3.05) is 0 Å². The Bertz CT molecular complexity index is 295. The summed E-state index contributed by atoms with van der Waals surface area (Å²) in [6, 6.07) is 0. The minimum atomic E-state index is -0.00289. The maximum atomic E-state index is 6.30. The molecule has 0 aliphatic heterocycles. The lowest BCUT2D eigenvalue weighted by molar-refractivity contribution is 0.563. The molecule has 1 aromatic heterocycles. The molecule has 0 spiro atoms. The fourth-order valence-corrected chi connectivity index (χ4v) is 1.97. The fourth-order valence-electron chi connectivity index (χ4n) is 1.32. The first-order valence-electron chi connectivity index (χ1n) is 4.89. The molecule has 0 saturated heterocycles.